The molecule has 2 fully saturated rings. The summed E-state index contributed by atoms with van der Waals surface area (Å²) in [6, 6.07) is 14.6. The Kier molecular flexibility index (Phi) is 6.78. The Morgan fingerprint density at radius 3 is 2.68 bits per heavy atom. The van der Waals surface area contributed by atoms with E-state index in [0.29, 0.717) is 42.7 Å². The van der Waals surface area contributed by atoms with Gasteiger partial charge in [0.05, 0.1) is 23.8 Å². The van der Waals surface area contributed by atoms with Gasteiger partial charge in [-0.05, 0) is 48.6 Å². The van der Waals surface area contributed by atoms with Gasteiger partial charge in [-0.3, -0.25) is 9.59 Å². The van der Waals surface area contributed by atoms with Gasteiger partial charge >= 0.3 is 0 Å². The molecule has 1 aliphatic heterocycles. The quantitative estimate of drug-likeness (QED) is 0.657. The van der Waals surface area contributed by atoms with E-state index in [1.54, 1.807) is 41.2 Å². The summed E-state index contributed by atoms with van der Waals surface area (Å²) in [5, 5.41) is 0.382. The average Bonchev–Trinajstić information content (AvgIpc) is 3.61. The molecule has 6 nitrogen and oxygen atoms in total. The minimum absolute atomic E-state index is 0.00267. The third kappa shape index (κ3) is 5.57. The first kappa shape index (κ1) is 21.7. The van der Waals surface area contributed by atoms with Gasteiger partial charge in [-0.25, -0.2) is 0 Å². The lowest BCUT2D eigenvalue weighted by Gasteiger charge is -2.25. The number of rotatable bonds is 7. The van der Waals surface area contributed by atoms with Crippen LogP contribution in [0.5, 0.6) is 5.75 Å². The Morgan fingerprint density at radius 1 is 1.13 bits per heavy atom. The second kappa shape index (κ2) is 9.71. The highest BCUT2D eigenvalue weighted by Gasteiger charge is 2.33. The lowest BCUT2D eigenvalue weighted by atomic mass is 10.2. The molecular weight excluding hydrogens is 416 g/mol. The molecule has 164 valence electrons. The largest absolute Gasteiger partial charge is 0.497 e. The van der Waals surface area contributed by atoms with Crippen LogP contribution in [0.1, 0.15) is 28.8 Å². The first-order valence-electron chi connectivity index (χ1n) is 10.6. The van der Waals surface area contributed by atoms with Gasteiger partial charge in [0.15, 0.2) is 0 Å². The highest BCUT2D eigenvalue weighted by atomic mass is 35.5. The Balaban J connectivity index is 1.53. The summed E-state index contributed by atoms with van der Waals surface area (Å²) < 4.78 is 11.5. The molecule has 2 aromatic rings. The van der Waals surface area contributed by atoms with Crippen LogP contribution in [0.3, 0.4) is 0 Å². The van der Waals surface area contributed by atoms with E-state index in [1.807, 2.05) is 24.3 Å². The van der Waals surface area contributed by atoms with E-state index < -0.39 is 0 Å². The zero-order chi connectivity index (χ0) is 21.8. The van der Waals surface area contributed by atoms with Crippen LogP contribution in [0.25, 0.3) is 0 Å². The highest BCUT2D eigenvalue weighted by molar-refractivity contribution is 6.33. The topological polar surface area (TPSA) is 59.1 Å². The second-order valence-corrected chi connectivity index (χ2v) is 8.60. The first-order valence-corrected chi connectivity index (χ1v) is 11.0. The van der Waals surface area contributed by atoms with Crippen molar-refractivity contribution in [2.45, 2.75) is 25.5 Å². The molecule has 0 bridgehead atoms. The maximum atomic E-state index is 13.2. The van der Waals surface area contributed by atoms with Gasteiger partial charge in [0.2, 0.25) is 5.91 Å². The highest BCUT2D eigenvalue weighted by Crippen LogP contribution is 2.30. The van der Waals surface area contributed by atoms with Crippen LogP contribution in [-0.2, 0) is 16.1 Å². The number of amides is 2. The minimum Gasteiger partial charge on any atom is -0.497 e. The van der Waals surface area contributed by atoms with Gasteiger partial charge < -0.3 is 19.3 Å². The third-order valence-electron chi connectivity index (χ3n) is 5.69. The monoisotopic (exact) mass is 442 g/mol. The number of hydrogen-bond acceptors (Lipinski definition) is 4. The molecule has 2 aromatic carbocycles. The maximum absolute atomic E-state index is 13.2. The van der Waals surface area contributed by atoms with E-state index in [1.165, 1.54) is 12.8 Å². The molecule has 31 heavy (non-hydrogen) atoms. The molecular formula is C24H27ClN2O4. The Labute approximate surface area is 187 Å². The summed E-state index contributed by atoms with van der Waals surface area (Å²) >= 11 is 6.24. The lowest BCUT2D eigenvalue weighted by Crippen LogP contribution is -2.40. The summed E-state index contributed by atoms with van der Waals surface area (Å²) in [5.74, 6) is 0.985. The van der Waals surface area contributed by atoms with Crippen molar-refractivity contribution in [3.8, 4) is 5.75 Å². The molecule has 1 aliphatic carbocycles. The number of hydrogen-bond donors (Lipinski definition) is 0. The molecule has 1 heterocycles. The summed E-state index contributed by atoms with van der Waals surface area (Å²) in [5.41, 5.74) is 1.37. The molecule has 0 aromatic heterocycles. The van der Waals surface area contributed by atoms with Gasteiger partial charge in [-0.1, -0.05) is 35.9 Å². The molecule has 7 heteroatoms. The van der Waals surface area contributed by atoms with E-state index in [2.05, 4.69) is 0 Å². The van der Waals surface area contributed by atoms with E-state index in [9.17, 15) is 9.59 Å². The number of carbonyl (C=O) groups excluding carboxylic acids is 2. The lowest BCUT2D eigenvalue weighted by molar-refractivity contribution is -0.132. The average molecular weight is 443 g/mol. The number of carbonyl (C=O) groups is 2. The molecule has 2 aliphatic rings. The van der Waals surface area contributed by atoms with E-state index >= 15 is 0 Å². The van der Waals surface area contributed by atoms with Crippen molar-refractivity contribution >= 4 is 23.4 Å². The standard InChI is InChI=1S/C24H27ClN2O4/c1-30-19-6-4-5-18(11-19)12-26-13-20(31-16-17-9-10-17)14-27(15-23(26)28)24(29)21-7-2-3-8-22(21)25/h2-8,11,17,20H,9-10,12-16H2,1H3/t20-/m0/s1. The van der Waals surface area contributed by atoms with Crippen molar-refractivity contribution < 1.29 is 19.1 Å². The summed E-state index contributed by atoms with van der Waals surface area (Å²) in [7, 11) is 1.62. The fourth-order valence-electron chi connectivity index (χ4n) is 3.74. The van der Waals surface area contributed by atoms with Gasteiger partial charge in [0.25, 0.3) is 5.91 Å². The van der Waals surface area contributed by atoms with Crippen molar-refractivity contribution in [1.29, 1.82) is 0 Å². The fourth-order valence-corrected chi connectivity index (χ4v) is 3.96. The van der Waals surface area contributed by atoms with E-state index in [-0.39, 0.29) is 24.5 Å². The summed E-state index contributed by atoms with van der Waals surface area (Å²) in [6.45, 7) is 1.90. The maximum Gasteiger partial charge on any atom is 0.255 e. The van der Waals surface area contributed by atoms with Gasteiger partial charge in [-0.15, -0.1) is 0 Å². The summed E-state index contributed by atoms with van der Waals surface area (Å²) in [6.07, 6.45) is 2.12. The number of halogens is 1. The zero-order valence-corrected chi connectivity index (χ0v) is 18.4. The van der Waals surface area contributed by atoms with E-state index in [0.717, 1.165) is 11.3 Å². The third-order valence-corrected chi connectivity index (χ3v) is 6.02. The number of methoxy groups -OCH3 is 1. The zero-order valence-electron chi connectivity index (χ0n) is 17.6. The van der Waals surface area contributed by atoms with Gasteiger partial charge in [0, 0.05) is 26.2 Å². The van der Waals surface area contributed by atoms with Gasteiger partial charge in [0.1, 0.15) is 12.3 Å². The van der Waals surface area contributed by atoms with Crippen LogP contribution < -0.4 is 4.74 Å². The van der Waals surface area contributed by atoms with Crippen LogP contribution >= 0.6 is 11.6 Å². The SMILES string of the molecule is COc1cccc(CN2C[C@H](OCC3CC3)CN(C(=O)c3ccccc3Cl)CC2=O)c1. The van der Waals surface area contributed by atoms with Crippen LogP contribution in [0.15, 0.2) is 48.5 Å². The molecule has 0 spiro atoms. The van der Waals surface area contributed by atoms with E-state index in [4.69, 9.17) is 21.1 Å². The summed E-state index contributed by atoms with van der Waals surface area (Å²) in [4.78, 5) is 29.6. The Morgan fingerprint density at radius 2 is 1.94 bits per heavy atom. The molecule has 2 amide bonds. The molecule has 1 atom stereocenters. The van der Waals surface area contributed by atoms with Crippen LogP contribution in [0, 0.1) is 5.92 Å². The van der Waals surface area contributed by atoms with Crippen LogP contribution in [-0.4, -0.2) is 61.1 Å². The predicted molar refractivity (Wildman–Crippen MR) is 118 cm³/mol. The minimum atomic E-state index is -0.248. The molecule has 1 saturated heterocycles. The van der Waals surface area contributed by atoms with Crippen molar-refractivity contribution in [1.82, 2.24) is 9.80 Å². The van der Waals surface area contributed by atoms with Crippen molar-refractivity contribution in [3.63, 3.8) is 0 Å². The second-order valence-electron chi connectivity index (χ2n) is 8.19. The normalized spacial score (nSPS) is 19.3. The molecule has 0 radical (unpaired) electrons. The fraction of sp³-hybridized carbons (Fsp3) is 0.417. The Hall–Kier alpha value is -2.57. The molecule has 0 N–H and O–H groups in total. The number of benzene rings is 2. The molecule has 0 unspecified atom stereocenters. The first-order chi connectivity index (χ1) is 15.0. The Bertz CT molecular complexity index is 947. The van der Waals surface area contributed by atoms with Crippen LogP contribution in [0.2, 0.25) is 5.02 Å². The molecule has 4 rings (SSSR count). The van der Waals surface area contributed by atoms with Crippen LogP contribution in [0.4, 0.5) is 0 Å². The smallest absolute Gasteiger partial charge is 0.255 e. The van der Waals surface area contributed by atoms with Crippen molar-refractivity contribution in [3.05, 3.63) is 64.7 Å². The van der Waals surface area contributed by atoms with Crippen molar-refractivity contribution in [2.75, 3.05) is 33.4 Å². The number of ether oxygens (including phenoxy) is 2. The van der Waals surface area contributed by atoms with Gasteiger partial charge in [-0.2, -0.15) is 0 Å². The van der Waals surface area contributed by atoms with Crippen molar-refractivity contribution in [2.24, 2.45) is 5.92 Å². The number of nitrogens with zero attached hydrogens (tertiary/aromatic N) is 2. The molecule has 1 saturated carbocycles. The predicted octanol–water partition coefficient (Wildman–Crippen LogP) is 3.63.